The molecule has 1 N–H and O–H groups in total. The second-order valence-electron chi connectivity index (χ2n) is 5.93. The van der Waals surface area contributed by atoms with Crippen molar-refractivity contribution in [3.63, 3.8) is 0 Å². The first-order chi connectivity index (χ1) is 11.6. The Hall–Kier alpha value is -1.37. The highest BCUT2D eigenvalue weighted by Gasteiger charge is 2.35. The quantitative estimate of drug-likeness (QED) is 0.811. The molecule has 0 atom stereocenters. The summed E-state index contributed by atoms with van der Waals surface area (Å²) in [6.07, 6.45) is 1.84. The van der Waals surface area contributed by atoms with Crippen LogP contribution in [0.15, 0.2) is 39.5 Å². The van der Waals surface area contributed by atoms with E-state index in [9.17, 15) is 4.79 Å². The van der Waals surface area contributed by atoms with E-state index < -0.39 is 0 Å². The van der Waals surface area contributed by atoms with Gasteiger partial charge < -0.3 is 14.8 Å². The molecule has 1 saturated heterocycles. The Labute approximate surface area is 154 Å². The molecule has 0 spiro atoms. The number of halogens is 1. The van der Waals surface area contributed by atoms with Crippen LogP contribution in [-0.4, -0.2) is 32.8 Å². The van der Waals surface area contributed by atoms with Crippen molar-refractivity contribution >= 4 is 33.2 Å². The summed E-state index contributed by atoms with van der Waals surface area (Å²) in [5.41, 5.74) is 1.84. The molecule has 0 bridgehead atoms. The van der Waals surface area contributed by atoms with Crippen LogP contribution >= 0.6 is 27.3 Å². The van der Waals surface area contributed by atoms with E-state index in [4.69, 9.17) is 9.47 Å². The average Bonchev–Trinajstić information content (AvgIpc) is 3.16. The van der Waals surface area contributed by atoms with E-state index in [-0.39, 0.29) is 11.3 Å². The van der Waals surface area contributed by atoms with Crippen molar-refractivity contribution in [2.75, 3.05) is 26.9 Å². The van der Waals surface area contributed by atoms with Gasteiger partial charge in [-0.2, -0.15) is 11.3 Å². The monoisotopic (exact) mass is 409 g/mol. The van der Waals surface area contributed by atoms with E-state index in [1.165, 1.54) is 5.56 Å². The lowest BCUT2D eigenvalue weighted by Gasteiger charge is -2.37. The first kappa shape index (κ1) is 17.5. The maximum absolute atomic E-state index is 12.7. The van der Waals surface area contributed by atoms with Crippen molar-refractivity contribution in [2.24, 2.45) is 0 Å². The van der Waals surface area contributed by atoms with E-state index in [1.807, 2.05) is 12.1 Å². The van der Waals surface area contributed by atoms with Crippen molar-refractivity contribution in [3.8, 4) is 5.75 Å². The zero-order chi connectivity index (χ0) is 17.0. The van der Waals surface area contributed by atoms with Gasteiger partial charge in [0.1, 0.15) is 5.75 Å². The number of hydrogen-bond acceptors (Lipinski definition) is 4. The fourth-order valence-electron chi connectivity index (χ4n) is 3.05. The highest BCUT2D eigenvalue weighted by molar-refractivity contribution is 9.10. The molecule has 0 aliphatic carbocycles. The molecule has 1 aliphatic heterocycles. The van der Waals surface area contributed by atoms with Gasteiger partial charge in [0.05, 0.1) is 12.7 Å². The molecule has 6 heteroatoms. The number of rotatable bonds is 5. The molecule has 0 saturated carbocycles. The fraction of sp³-hybridized carbons (Fsp3) is 0.389. The molecular weight excluding hydrogens is 390 g/mol. The largest absolute Gasteiger partial charge is 0.497 e. The first-order valence-corrected chi connectivity index (χ1v) is 9.60. The molecule has 1 aliphatic rings. The molecule has 128 valence electrons. The number of amides is 1. The van der Waals surface area contributed by atoms with Crippen LogP contribution in [0.5, 0.6) is 5.75 Å². The minimum absolute atomic E-state index is 0.0424. The highest BCUT2D eigenvalue weighted by atomic mass is 79.9. The van der Waals surface area contributed by atoms with Gasteiger partial charge in [0.2, 0.25) is 0 Å². The van der Waals surface area contributed by atoms with Crippen molar-refractivity contribution < 1.29 is 14.3 Å². The predicted molar refractivity (Wildman–Crippen MR) is 99.1 cm³/mol. The van der Waals surface area contributed by atoms with Gasteiger partial charge in [-0.3, -0.25) is 4.79 Å². The third-order valence-electron chi connectivity index (χ3n) is 4.59. The highest BCUT2D eigenvalue weighted by Crippen LogP contribution is 2.35. The van der Waals surface area contributed by atoms with Gasteiger partial charge in [0.15, 0.2) is 0 Å². The van der Waals surface area contributed by atoms with Crippen LogP contribution in [0, 0.1) is 0 Å². The Morgan fingerprint density at radius 2 is 2.17 bits per heavy atom. The molecule has 1 aromatic carbocycles. The molecule has 4 nitrogen and oxygen atoms in total. The number of hydrogen-bond donors (Lipinski definition) is 1. The first-order valence-electron chi connectivity index (χ1n) is 7.87. The summed E-state index contributed by atoms with van der Waals surface area (Å²) in [6, 6.07) is 7.56. The minimum Gasteiger partial charge on any atom is -0.497 e. The van der Waals surface area contributed by atoms with E-state index >= 15 is 0 Å². The van der Waals surface area contributed by atoms with Gasteiger partial charge in [-0.1, -0.05) is 0 Å². The van der Waals surface area contributed by atoms with Crippen molar-refractivity contribution in [2.45, 2.75) is 18.3 Å². The Kier molecular flexibility index (Phi) is 5.58. The number of carbonyl (C=O) groups excluding carboxylic acids is 1. The third kappa shape index (κ3) is 3.66. The Balaban J connectivity index is 1.76. The van der Waals surface area contributed by atoms with E-state index in [0.717, 1.165) is 30.5 Å². The maximum Gasteiger partial charge on any atom is 0.252 e. The lowest BCUT2D eigenvalue weighted by molar-refractivity contribution is 0.0488. The second kappa shape index (κ2) is 7.68. The predicted octanol–water partition coefficient (Wildman–Crippen LogP) is 4.00. The molecule has 24 heavy (non-hydrogen) atoms. The van der Waals surface area contributed by atoms with Crippen LogP contribution in [0.25, 0.3) is 0 Å². The van der Waals surface area contributed by atoms with Gasteiger partial charge in [0, 0.05) is 29.6 Å². The molecule has 1 aromatic heterocycles. The minimum atomic E-state index is -0.0955. The van der Waals surface area contributed by atoms with Gasteiger partial charge in [0.25, 0.3) is 5.91 Å². The number of carbonyl (C=O) groups is 1. The van der Waals surface area contributed by atoms with E-state index in [2.05, 4.69) is 38.1 Å². The van der Waals surface area contributed by atoms with Crippen LogP contribution in [0.3, 0.4) is 0 Å². The molecule has 0 radical (unpaired) electrons. The van der Waals surface area contributed by atoms with E-state index in [1.54, 1.807) is 24.5 Å². The summed E-state index contributed by atoms with van der Waals surface area (Å²) in [4.78, 5) is 12.7. The molecule has 2 heterocycles. The molecule has 1 amide bonds. The third-order valence-corrected chi connectivity index (χ3v) is 5.96. The summed E-state index contributed by atoms with van der Waals surface area (Å²) in [6.45, 7) is 2.07. The second-order valence-corrected chi connectivity index (χ2v) is 7.57. The zero-order valence-electron chi connectivity index (χ0n) is 13.5. The Morgan fingerprint density at radius 3 is 2.83 bits per heavy atom. The lowest BCUT2D eigenvalue weighted by Crippen LogP contribution is -2.44. The number of thiophene rings is 1. The number of ether oxygens (including phenoxy) is 2. The zero-order valence-corrected chi connectivity index (χ0v) is 15.9. The van der Waals surface area contributed by atoms with Crippen LogP contribution in [0.4, 0.5) is 0 Å². The molecular formula is C18H20BrNO3S. The Bertz CT molecular complexity index is 696. The van der Waals surface area contributed by atoms with Gasteiger partial charge in [-0.05, 0) is 69.4 Å². The fourth-order valence-corrected chi connectivity index (χ4v) is 4.25. The number of benzene rings is 1. The van der Waals surface area contributed by atoms with E-state index in [0.29, 0.717) is 17.9 Å². The van der Waals surface area contributed by atoms with Crippen LogP contribution in [0.1, 0.15) is 28.8 Å². The molecule has 1 fully saturated rings. The van der Waals surface area contributed by atoms with Crippen molar-refractivity contribution in [3.05, 3.63) is 50.6 Å². The van der Waals surface area contributed by atoms with Crippen LogP contribution in [-0.2, 0) is 10.2 Å². The van der Waals surface area contributed by atoms with Crippen molar-refractivity contribution in [1.82, 2.24) is 5.32 Å². The summed E-state index contributed by atoms with van der Waals surface area (Å²) >= 11 is 5.14. The molecule has 2 aromatic rings. The Morgan fingerprint density at radius 1 is 1.38 bits per heavy atom. The van der Waals surface area contributed by atoms with Crippen molar-refractivity contribution in [1.29, 1.82) is 0 Å². The summed E-state index contributed by atoms with van der Waals surface area (Å²) < 4.78 is 11.5. The normalized spacial score (nSPS) is 16.6. The topological polar surface area (TPSA) is 47.6 Å². The van der Waals surface area contributed by atoms with Crippen LogP contribution in [0.2, 0.25) is 0 Å². The smallest absolute Gasteiger partial charge is 0.252 e. The van der Waals surface area contributed by atoms with Gasteiger partial charge in [-0.25, -0.2) is 0 Å². The lowest BCUT2D eigenvalue weighted by atomic mass is 9.75. The molecule has 0 unspecified atom stereocenters. The number of nitrogens with one attached hydrogen (secondary N) is 1. The standard InChI is InChI=1S/C18H20BrNO3S/c1-22-14-2-3-16(19)15(10-14)17(21)20-12-18(5-7-23-8-6-18)13-4-9-24-11-13/h2-4,9-11H,5-8,12H2,1H3,(H,20,21). The maximum atomic E-state index is 12.7. The summed E-state index contributed by atoms with van der Waals surface area (Å²) in [5.74, 6) is 0.573. The van der Waals surface area contributed by atoms with Gasteiger partial charge >= 0.3 is 0 Å². The average molecular weight is 410 g/mol. The van der Waals surface area contributed by atoms with Crippen LogP contribution < -0.4 is 10.1 Å². The summed E-state index contributed by atoms with van der Waals surface area (Å²) in [7, 11) is 1.60. The summed E-state index contributed by atoms with van der Waals surface area (Å²) in [5, 5.41) is 7.38. The SMILES string of the molecule is COc1ccc(Br)c(C(=O)NCC2(c3ccsc3)CCOCC2)c1. The van der Waals surface area contributed by atoms with Gasteiger partial charge in [-0.15, -0.1) is 0 Å². The molecule has 3 rings (SSSR count). The number of methoxy groups -OCH3 is 1.